The number of carbonyl (C=O) groups is 1. The van der Waals surface area contributed by atoms with E-state index in [1.165, 1.54) is 31.0 Å². The third-order valence-electron chi connectivity index (χ3n) is 5.79. The number of amidine groups is 1. The predicted molar refractivity (Wildman–Crippen MR) is 135 cm³/mol. The molecule has 0 saturated carbocycles. The van der Waals surface area contributed by atoms with Gasteiger partial charge < -0.3 is 19.5 Å². The van der Waals surface area contributed by atoms with Gasteiger partial charge in [0, 0.05) is 41.7 Å². The molecular weight excluding hydrogens is 493 g/mol. The summed E-state index contributed by atoms with van der Waals surface area (Å²) in [4.78, 5) is 20.0. The average Bonchev–Trinajstić information content (AvgIpc) is 2.87. The van der Waals surface area contributed by atoms with Crippen LogP contribution in [0, 0.1) is 5.82 Å². The van der Waals surface area contributed by atoms with E-state index in [-0.39, 0.29) is 5.02 Å². The highest BCUT2D eigenvalue weighted by atomic mass is 35.5. The molecule has 186 valence electrons. The lowest BCUT2D eigenvalue weighted by atomic mass is 9.95. The third-order valence-corrected chi connectivity index (χ3v) is 7.07. The Labute approximate surface area is 213 Å². The zero-order chi connectivity index (χ0) is 24.8. The van der Waals surface area contributed by atoms with E-state index in [1.807, 2.05) is 24.3 Å². The van der Waals surface area contributed by atoms with E-state index >= 15 is 0 Å². The van der Waals surface area contributed by atoms with Crippen LogP contribution in [0.1, 0.15) is 17.2 Å². The van der Waals surface area contributed by atoms with Gasteiger partial charge in [0.2, 0.25) is 0 Å². The first-order valence-electron chi connectivity index (χ1n) is 11.2. The number of ether oxygens (including phenoxy) is 3. The topological polar surface area (TPSA) is 72.4 Å². The number of aliphatic imine (C=N–C) groups is 1. The largest absolute Gasteiger partial charge is 0.497 e. The Kier molecular flexibility index (Phi) is 8.67. The Hall–Kier alpha value is -2.59. The fourth-order valence-corrected chi connectivity index (χ4v) is 5.06. The Bertz CT molecular complexity index is 1120. The smallest absolute Gasteiger partial charge is 0.338 e. The van der Waals surface area contributed by atoms with E-state index in [4.69, 9.17) is 30.8 Å². The Morgan fingerprint density at radius 3 is 2.63 bits per heavy atom. The van der Waals surface area contributed by atoms with E-state index in [9.17, 15) is 9.18 Å². The van der Waals surface area contributed by atoms with Crippen LogP contribution in [-0.4, -0.2) is 63.1 Å². The zero-order valence-electron chi connectivity index (χ0n) is 19.6. The summed E-state index contributed by atoms with van der Waals surface area (Å²) in [5.74, 6) is 0.478. The van der Waals surface area contributed by atoms with Crippen molar-refractivity contribution < 1.29 is 23.4 Å². The SMILES string of the molecule is COC(=O)C1=C(CN2CCOCC2)NC(SCc2ccc(OC)cc2)=NC1c1ccc(F)cc1Cl. The van der Waals surface area contributed by atoms with Crippen molar-refractivity contribution in [2.45, 2.75) is 11.8 Å². The van der Waals surface area contributed by atoms with Crippen LogP contribution in [0.25, 0.3) is 0 Å². The summed E-state index contributed by atoms with van der Waals surface area (Å²) in [6.07, 6.45) is 0. The summed E-state index contributed by atoms with van der Waals surface area (Å²) < 4.78 is 29.6. The molecule has 1 unspecified atom stereocenters. The highest BCUT2D eigenvalue weighted by molar-refractivity contribution is 8.13. The maximum absolute atomic E-state index is 13.8. The molecule has 1 N–H and O–H groups in total. The minimum absolute atomic E-state index is 0.201. The molecule has 0 aromatic heterocycles. The van der Waals surface area contributed by atoms with Gasteiger partial charge in [-0.3, -0.25) is 4.90 Å². The molecule has 10 heteroatoms. The lowest BCUT2D eigenvalue weighted by Gasteiger charge is -2.32. The van der Waals surface area contributed by atoms with Crippen LogP contribution >= 0.6 is 23.4 Å². The molecular formula is C25H27ClFN3O4S. The van der Waals surface area contributed by atoms with Crippen LogP contribution in [0.5, 0.6) is 5.75 Å². The number of methoxy groups -OCH3 is 2. The minimum Gasteiger partial charge on any atom is -0.497 e. The van der Waals surface area contributed by atoms with Gasteiger partial charge in [0.15, 0.2) is 5.17 Å². The second-order valence-corrected chi connectivity index (χ2v) is 9.41. The first-order valence-corrected chi connectivity index (χ1v) is 12.5. The van der Waals surface area contributed by atoms with Gasteiger partial charge in [-0.15, -0.1) is 0 Å². The van der Waals surface area contributed by atoms with Crippen LogP contribution in [0.4, 0.5) is 4.39 Å². The zero-order valence-corrected chi connectivity index (χ0v) is 21.1. The van der Waals surface area contributed by atoms with Crippen molar-refractivity contribution in [3.63, 3.8) is 0 Å². The van der Waals surface area contributed by atoms with Gasteiger partial charge in [-0.1, -0.05) is 41.6 Å². The quantitative estimate of drug-likeness (QED) is 0.550. The normalized spacial score (nSPS) is 18.6. The molecule has 35 heavy (non-hydrogen) atoms. The number of morpholine rings is 1. The first-order chi connectivity index (χ1) is 17.0. The number of halogens is 2. The van der Waals surface area contributed by atoms with Gasteiger partial charge in [-0.05, 0) is 29.8 Å². The van der Waals surface area contributed by atoms with Crippen LogP contribution in [0.3, 0.4) is 0 Å². The van der Waals surface area contributed by atoms with Crippen LogP contribution in [0.2, 0.25) is 5.02 Å². The first kappa shape index (κ1) is 25.5. The summed E-state index contributed by atoms with van der Waals surface area (Å²) in [5, 5.41) is 4.20. The molecule has 4 rings (SSSR count). The molecule has 0 aliphatic carbocycles. The predicted octanol–water partition coefficient (Wildman–Crippen LogP) is 4.18. The van der Waals surface area contributed by atoms with E-state index in [1.54, 1.807) is 13.2 Å². The molecule has 2 aliphatic rings. The monoisotopic (exact) mass is 519 g/mol. The van der Waals surface area contributed by atoms with Gasteiger partial charge in [-0.25, -0.2) is 14.2 Å². The van der Waals surface area contributed by atoms with Crippen LogP contribution in [0.15, 0.2) is 58.7 Å². The fraction of sp³-hybridized carbons (Fsp3) is 0.360. The summed E-state index contributed by atoms with van der Waals surface area (Å²) in [7, 11) is 2.97. The molecule has 0 radical (unpaired) electrons. The van der Waals surface area contributed by atoms with E-state index < -0.39 is 17.8 Å². The number of carbonyl (C=O) groups excluding carboxylic acids is 1. The molecule has 1 atom stereocenters. The fourth-order valence-electron chi connectivity index (χ4n) is 3.92. The number of hydrogen-bond donors (Lipinski definition) is 1. The number of thioether (sulfide) groups is 1. The number of esters is 1. The highest BCUT2D eigenvalue weighted by Crippen LogP contribution is 2.37. The molecule has 2 heterocycles. The van der Waals surface area contributed by atoms with Crippen molar-refractivity contribution in [1.82, 2.24) is 10.2 Å². The molecule has 1 fully saturated rings. The highest BCUT2D eigenvalue weighted by Gasteiger charge is 2.34. The van der Waals surface area contributed by atoms with Gasteiger partial charge in [0.25, 0.3) is 0 Å². The second kappa shape index (κ2) is 11.9. The number of nitrogens with zero attached hydrogens (tertiary/aromatic N) is 2. The minimum atomic E-state index is -0.730. The van der Waals surface area contributed by atoms with Gasteiger partial charge in [-0.2, -0.15) is 0 Å². The molecule has 7 nitrogen and oxygen atoms in total. The molecule has 2 aromatic rings. The number of rotatable bonds is 7. The second-order valence-electron chi connectivity index (χ2n) is 8.04. The number of hydrogen-bond acceptors (Lipinski definition) is 8. The number of benzene rings is 2. The molecule has 0 bridgehead atoms. The summed E-state index contributed by atoms with van der Waals surface area (Å²) in [6, 6.07) is 11.2. The Balaban J connectivity index is 1.67. The maximum Gasteiger partial charge on any atom is 0.338 e. The lowest BCUT2D eigenvalue weighted by molar-refractivity contribution is -0.136. The van der Waals surface area contributed by atoms with Crippen LogP contribution < -0.4 is 10.1 Å². The Morgan fingerprint density at radius 2 is 1.97 bits per heavy atom. The summed E-state index contributed by atoms with van der Waals surface area (Å²) >= 11 is 7.92. The molecule has 0 spiro atoms. The van der Waals surface area contributed by atoms with Crippen molar-refractivity contribution in [3.05, 3.63) is 75.7 Å². The summed E-state index contributed by atoms with van der Waals surface area (Å²) in [6.45, 7) is 3.23. The van der Waals surface area contributed by atoms with Gasteiger partial charge in [0.1, 0.15) is 17.6 Å². The van der Waals surface area contributed by atoms with Crippen molar-refractivity contribution >= 4 is 34.5 Å². The van der Waals surface area contributed by atoms with Crippen molar-refractivity contribution in [3.8, 4) is 5.75 Å². The van der Waals surface area contributed by atoms with Gasteiger partial charge in [0.05, 0.1) is 33.0 Å². The van der Waals surface area contributed by atoms with E-state index in [0.717, 1.165) is 24.4 Å². The molecule has 2 aromatic carbocycles. The standard InChI is InChI=1S/C25H27ClFN3O4S/c1-32-18-6-3-16(4-7-18)15-35-25-28-21(14-30-9-11-34-12-10-30)22(24(31)33-2)23(29-25)19-8-5-17(27)13-20(19)26/h3-8,13,23H,9-12,14-15H2,1-2H3,(H,28,29). The van der Waals surface area contributed by atoms with Crippen molar-refractivity contribution in [2.24, 2.45) is 4.99 Å². The van der Waals surface area contributed by atoms with Gasteiger partial charge >= 0.3 is 5.97 Å². The summed E-state index contributed by atoms with van der Waals surface area (Å²) in [5.41, 5.74) is 2.68. The van der Waals surface area contributed by atoms with E-state index in [0.29, 0.717) is 47.5 Å². The Morgan fingerprint density at radius 1 is 1.23 bits per heavy atom. The lowest BCUT2D eigenvalue weighted by Crippen LogP contribution is -2.42. The van der Waals surface area contributed by atoms with E-state index in [2.05, 4.69) is 10.2 Å². The number of nitrogens with one attached hydrogen (secondary N) is 1. The molecule has 2 aliphatic heterocycles. The molecule has 0 amide bonds. The maximum atomic E-state index is 13.8. The average molecular weight is 520 g/mol. The molecule has 1 saturated heterocycles. The third kappa shape index (κ3) is 6.35. The van der Waals surface area contributed by atoms with Crippen molar-refractivity contribution in [1.29, 1.82) is 0 Å². The van der Waals surface area contributed by atoms with Crippen molar-refractivity contribution in [2.75, 3.05) is 47.1 Å². The van der Waals surface area contributed by atoms with Crippen LogP contribution in [-0.2, 0) is 20.0 Å².